The zero-order valence-electron chi connectivity index (χ0n) is 27.0. The topological polar surface area (TPSA) is 125 Å². The van der Waals surface area contributed by atoms with Gasteiger partial charge in [-0.3, -0.25) is 23.9 Å². The molecule has 2 aromatic rings. The van der Waals surface area contributed by atoms with E-state index < -0.39 is 66.2 Å². The van der Waals surface area contributed by atoms with E-state index in [2.05, 4.69) is 28.0 Å². The van der Waals surface area contributed by atoms with Gasteiger partial charge in [0.2, 0.25) is 17.7 Å². The van der Waals surface area contributed by atoms with Crippen molar-refractivity contribution in [1.29, 1.82) is 0 Å². The van der Waals surface area contributed by atoms with Crippen LogP contribution in [0.25, 0.3) is 0 Å². The van der Waals surface area contributed by atoms with Gasteiger partial charge < -0.3 is 20.9 Å². The predicted octanol–water partition coefficient (Wildman–Crippen LogP) is 4.86. The Balaban J connectivity index is 1.52. The molecule has 2 aliphatic rings. The third kappa shape index (κ3) is 8.47. The maximum atomic E-state index is 15.6. The Morgan fingerprint density at radius 2 is 1.70 bits per heavy atom. The van der Waals surface area contributed by atoms with Crippen LogP contribution in [0.5, 0.6) is 0 Å². The summed E-state index contributed by atoms with van der Waals surface area (Å²) in [4.78, 5) is 53.9. The standard InChI is InChI=1S/C33H45F3N6O4/c1-5-27(43)39-28(32(46)41-17-14-33(35,36)15-18-41)21(4)23-11-12-25(24(34)19-23)38-31(45)29(22-9-7-20(3)8-10-22)40-30(44)26-13-16-37-42(26)6-2/h11-13,16,19-22,28-29H,5-10,14-15,17-18H2,1-4H3,(H,38,45)(H,39,43)(H,40,44)/t20-,21-,22-,28+,29-/m0/s1. The summed E-state index contributed by atoms with van der Waals surface area (Å²) in [6, 6.07) is 3.72. The lowest BCUT2D eigenvalue weighted by Crippen LogP contribution is -2.53. The molecule has 1 aliphatic carbocycles. The molecule has 1 aliphatic heterocycles. The van der Waals surface area contributed by atoms with Gasteiger partial charge in [0, 0.05) is 51.0 Å². The SMILES string of the molecule is CCC(=O)N[C@@H](C(=O)N1CCC(F)(F)CC1)[C@@H](C)c1ccc(NC(=O)[C@@H](NC(=O)c2ccnn2CC)[C@H]2CC[C@H](C)CC2)c(F)c1. The van der Waals surface area contributed by atoms with Crippen LogP contribution in [0.2, 0.25) is 0 Å². The Morgan fingerprint density at radius 3 is 2.30 bits per heavy atom. The molecule has 3 atom stereocenters. The first-order valence-corrected chi connectivity index (χ1v) is 16.2. The molecule has 2 heterocycles. The molecular formula is C33H45F3N6O4. The molecule has 1 saturated carbocycles. The second kappa shape index (κ2) is 15.1. The lowest BCUT2D eigenvalue weighted by molar-refractivity contribution is -0.142. The van der Waals surface area contributed by atoms with E-state index >= 15 is 4.39 Å². The minimum absolute atomic E-state index is 0.0956. The Labute approximate surface area is 267 Å². The summed E-state index contributed by atoms with van der Waals surface area (Å²) in [7, 11) is 0. The average molecular weight is 647 g/mol. The number of anilines is 1. The lowest BCUT2D eigenvalue weighted by atomic mass is 9.79. The van der Waals surface area contributed by atoms with Crippen molar-refractivity contribution in [3.05, 3.63) is 47.5 Å². The highest BCUT2D eigenvalue weighted by Crippen LogP contribution is 2.33. The fraction of sp³-hybridized carbons (Fsp3) is 0.606. The van der Waals surface area contributed by atoms with Crippen LogP contribution in [0.3, 0.4) is 0 Å². The van der Waals surface area contributed by atoms with Crippen molar-refractivity contribution in [3.63, 3.8) is 0 Å². The van der Waals surface area contributed by atoms with Crippen molar-refractivity contribution in [2.75, 3.05) is 18.4 Å². The quantitative estimate of drug-likeness (QED) is 0.322. The number of carbonyl (C=O) groups is 4. The normalized spacial score (nSPS) is 21.5. The molecule has 10 nitrogen and oxygen atoms in total. The van der Waals surface area contributed by atoms with Crippen LogP contribution in [0.1, 0.15) is 94.6 Å². The van der Waals surface area contributed by atoms with E-state index in [0.29, 0.717) is 23.7 Å². The molecule has 46 heavy (non-hydrogen) atoms. The van der Waals surface area contributed by atoms with Crippen LogP contribution in [0, 0.1) is 17.7 Å². The largest absolute Gasteiger partial charge is 0.344 e. The van der Waals surface area contributed by atoms with Gasteiger partial charge in [-0.25, -0.2) is 13.2 Å². The summed E-state index contributed by atoms with van der Waals surface area (Å²) in [6.07, 6.45) is 3.98. The maximum Gasteiger partial charge on any atom is 0.270 e. The van der Waals surface area contributed by atoms with E-state index in [1.807, 2.05) is 6.92 Å². The van der Waals surface area contributed by atoms with Crippen LogP contribution in [0.4, 0.5) is 18.9 Å². The average Bonchev–Trinajstić information content (AvgIpc) is 3.52. The van der Waals surface area contributed by atoms with Crippen molar-refractivity contribution in [2.45, 2.75) is 103 Å². The van der Waals surface area contributed by atoms with Gasteiger partial charge in [0.15, 0.2) is 0 Å². The van der Waals surface area contributed by atoms with Crippen molar-refractivity contribution in [2.24, 2.45) is 11.8 Å². The fourth-order valence-corrected chi connectivity index (χ4v) is 6.26. The number of nitrogens with zero attached hydrogens (tertiary/aromatic N) is 3. The van der Waals surface area contributed by atoms with Crippen LogP contribution in [0.15, 0.2) is 30.5 Å². The van der Waals surface area contributed by atoms with Gasteiger partial charge in [0.05, 0.1) is 5.69 Å². The number of aromatic nitrogens is 2. The molecule has 4 rings (SSSR count). The van der Waals surface area contributed by atoms with Gasteiger partial charge in [0.1, 0.15) is 23.6 Å². The number of aryl methyl sites for hydroxylation is 1. The number of likely N-dealkylation sites (tertiary alicyclic amines) is 1. The van der Waals surface area contributed by atoms with E-state index in [1.54, 1.807) is 26.0 Å². The second-order valence-corrected chi connectivity index (χ2v) is 12.6. The number of halogens is 3. The molecule has 1 saturated heterocycles. The van der Waals surface area contributed by atoms with E-state index in [0.717, 1.165) is 25.7 Å². The van der Waals surface area contributed by atoms with Crippen LogP contribution in [-0.4, -0.2) is 69.4 Å². The Morgan fingerprint density at radius 1 is 1.02 bits per heavy atom. The van der Waals surface area contributed by atoms with Gasteiger partial charge in [-0.2, -0.15) is 5.10 Å². The molecular weight excluding hydrogens is 601 g/mol. The van der Waals surface area contributed by atoms with Crippen LogP contribution >= 0.6 is 0 Å². The number of nitrogens with one attached hydrogen (secondary N) is 3. The molecule has 13 heteroatoms. The van der Waals surface area contributed by atoms with E-state index in [4.69, 9.17) is 0 Å². The zero-order valence-corrected chi connectivity index (χ0v) is 27.0. The molecule has 0 unspecified atom stereocenters. The summed E-state index contributed by atoms with van der Waals surface area (Å²) in [5.74, 6) is -5.81. The van der Waals surface area contributed by atoms with Gasteiger partial charge in [0.25, 0.3) is 11.8 Å². The number of amides is 4. The maximum absolute atomic E-state index is 15.6. The molecule has 4 amide bonds. The number of piperidine rings is 1. The summed E-state index contributed by atoms with van der Waals surface area (Å²) in [5, 5.41) is 12.3. The van der Waals surface area contributed by atoms with E-state index in [1.165, 1.54) is 27.9 Å². The molecule has 0 bridgehead atoms. The molecule has 252 valence electrons. The van der Waals surface area contributed by atoms with Crippen LogP contribution < -0.4 is 16.0 Å². The number of benzene rings is 1. The summed E-state index contributed by atoms with van der Waals surface area (Å²) < 4.78 is 44.6. The number of alkyl halides is 2. The molecule has 0 spiro atoms. The fourth-order valence-electron chi connectivity index (χ4n) is 6.26. The van der Waals surface area contributed by atoms with Gasteiger partial charge in [-0.1, -0.05) is 39.7 Å². The van der Waals surface area contributed by atoms with Crippen molar-refractivity contribution in [1.82, 2.24) is 25.3 Å². The number of rotatable bonds is 11. The second-order valence-electron chi connectivity index (χ2n) is 12.6. The minimum Gasteiger partial charge on any atom is -0.344 e. The molecule has 1 aromatic heterocycles. The first-order valence-electron chi connectivity index (χ1n) is 16.2. The molecule has 3 N–H and O–H groups in total. The first kappa shape index (κ1) is 35.0. The van der Waals surface area contributed by atoms with Crippen LogP contribution in [-0.2, 0) is 20.9 Å². The minimum atomic E-state index is -2.84. The van der Waals surface area contributed by atoms with Gasteiger partial charge in [-0.05, 0) is 55.4 Å². The smallest absolute Gasteiger partial charge is 0.270 e. The monoisotopic (exact) mass is 646 g/mol. The Kier molecular flexibility index (Phi) is 11.5. The lowest BCUT2D eigenvalue weighted by Gasteiger charge is -2.36. The summed E-state index contributed by atoms with van der Waals surface area (Å²) in [5.41, 5.74) is 0.611. The summed E-state index contributed by atoms with van der Waals surface area (Å²) >= 11 is 0. The highest BCUT2D eigenvalue weighted by molar-refractivity contribution is 6.00. The van der Waals surface area contributed by atoms with Gasteiger partial charge in [-0.15, -0.1) is 0 Å². The highest BCUT2D eigenvalue weighted by atomic mass is 19.3. The number of hydrogen-bond acceptors (Lipinski definition) is 5. The van der Waals surface area contributed by atoms with Gasteiger partial charge >= 0.3 is 0 Å². The first-order chi connectivity index (χ1) is 21.8. The number of carbonyl (C=O) groups excluding carboxylic acids is 4. The van der Waals surface area contributed by atoms with E-state index in [9.17, 15) is 28.0 Å². The van der Waals surface area contributed by atoms with Crippen molar-refractivity contribution in [3.8, 4) is 0 Å². The molecule has 2 fully saturated rings. The zero-order chi connectivity index (χ0) is 33.6. The summed E-state index contributed by atoms with van der Waals surface area (Å²) in [6.45, 7) is 7.48. The third-order valence-electron chi connectivity index (χ3n) is 9.34. The molecule has 1 aromatic carbocycles. The van der Waals surface area contributed by atoms with Crippen molar-refractivity contribution >= 4 is 29.3 Å². The predicted molar refractivity (Wildman–Crippen MR) is 167 cm³/mol. The number of hydrogen-bond donors (Lipinski definition) is 3. The van der Waals surface area contributed by atoms with E-state index in [-0.39, 0.29) is 31.1 Å². The van der Waals surface area contributed by atoms with Crippen molar-refractivity contribution < 1.29 is 32.3 Å². The molecule has 0 radical (unpaired) electrons. The Bertz CT molecular complexity index is 1400. The Hall–Kier alpha value is -3.90. The third-order valence-corrected chi connectivity index (χ3v) is 9.34. The highest BCUT2D eigenvalue weighted by Gasteiger charge is 2.39.